The molecular formula is C19H20N2O3S. The van der Waals surface area contributed by atoms with E-state index in [0.29, 0.717) is 11.1 Å². The fourth-order valence-electron chi connectivity index (χ4n) is 2.18. The van der Waals surface area contributed by atoms with Crippen molar-refractivity contribution >= 4 is 15.9 Å². The summed E-state index contributed by atoms with van der Waals surface area (Å²) in [5, 5.41) is 2.55. The molecule has 0 atom stereocenters. The van der Waals surface area contributed by atoms with E-state index < -0.39 is 10.0 Å². The molecule has 0 spiro atoms. The second-order valence-electron chi connectivity index (χ2n) is 5.25. The fourth-order valence-corrected chi connectivity index (χ4v) is 3.11. The molecule has 0 radical (unpaired) electrons. The number of nitrogens with one attached hydrogen (secondary N) is 2. The second-order valence-corrected chi connectivity index (χ2v) is 7.02. The molecule has 6 heteroatoms. The molecular weight excluding hydrogens is 336 g/mol. The minimum Gasteiger partial charge on any atom is -0.355 e. The molecule has 0 fully saturated rings. The van der Waals surface area contributed by atoms with Crippen LogP contribution in [0.2, 0.25) is 0 Å². The summed E-state index contributed by atoms with van der Waals surface area (Å²) in [5.41, 5.74) is 2.08. The summed E-state index contributed by atoms with van der Waals surface area (Å²) in [6.07, 6.45) is 0.851. The van der Waals surface area contributed by atoms with Gasteiger partial charge in [-0.05, 0) is 36.2 Å². The van der Waals surface area contributed by atoms with Gasteiger partial charge in [-0.25, -0.2) is 8.42 Å². The monoisotopic (exact) mass is 356 g/mol. The number of hydrogen-bond donors (Lipinski definition) is 2. The van der Waals surface area contributed by atoms with Crippen molar-refractivity contribution < 1.29 is 13.2 Å². The van der Waals surface area contributed by atoms with Crippen molar-refractivity contribution in [3.8, 4) is 11.8 Å². The van der Waals surface area contributed by atoms with E-state index in [1.165, 1.54) is 0 Å². The van der Waals surface area contributed by atoms with E-state index in [2.05, 4.69) is 21.9 Å². The predicted octanol–water partition coefficient (Wildman–Crippen LogP) is 1.94. The summed E-state index contributed by atoms with van der Waals surface area (Å²) < 4.78 is 26.9. The lowest BCUT2D eigenvalue weighted by molar-refractivity contribution is 0.0963. The lowest BCUT2D eigenvalue weighted by Crippen LogP contribution is -2.24. The molecule has 0 aromatic heterocycles. The van der Waals surface area contributed by atoms with Crippen molar-refractivity contribution in [2.75, 3.05) is 13.6 Å². The van der Waals surface area contributed by atoms with Gasteiger partial charge >= 0.3 is 0 Å². The molecule has 2 rings (SSSR count). The summed E-state index contributed by atoms with van der Waals surface area (Å²) in [6.45, 7) is 1.97. The molecule has 0 saturated carbocycles. The Morgan fingerprint density at radius 3 is 2.40 bits per heavy atom. The van der Waals surface area contributed by atoms with Crippen LogP contribution in [0.3, 0.4) is 0 Å². The van der Waals surface area contributed by atoms with E-state index in [0.717, 1.165) is 12.0 Å². The zero-order chi connectivity index (χ0) is 18.3. The Balaban J connectivity index is 2.08. The van der Waals surface area contributed by atoms with Crippen LogP contribution in [0.15, 0.2) is 53.4 Å². The Hall–Kier alpha value is -2.62. The number of rotatable bonds is 5. The average molecular weight is 356 g/mol. The third-order valence-corrected chi connectivity index (χ3v) is 5.03. The lowest BCUT2D eigenvalue weighted by atomic mass is 10.1. The normalized spacial score (nSPS) is 10.6. The molecule has 0 heterocycles. The van der Waals surface area contributed by atoms with Crippen molar-refractivity contribution in [2.24, 2.45) is 0 Å². The number of sulfonamides is 1. The van der Waals surface area contributed by atoms with Gasteiger partial charge in [0.1, 0.15) is 0 Å². The number of carbonyl (C=O) groups excluding carboxylic acids is 1. The van der Waals surface area contributed by atoms with Gasteiger partial charge in [0.25, 0.3) is 5.91 Å². The first-order valence-electron chi connectivity index (χ1n) is 7.86. The smallest absolute Gasteiger partial charge is 0.252 e. The van der Waals surface area contributed by atoms with Gasteiger partial charge in [0.15, 0.2) is 0 Å². The van der Waals surface area contributed by atoms with Crippen LogP contribution in [0.4, 0.5) is 0 Å². The maximum absolute atomic E-state index is 12.2. The van der Waals surface area contributed by atoms with Crippen molar-refractivity contribution in [1.82, 2.24) is 10.0 Å². The maximum Gasteiger partial charge on any atom is 0.252 e. The third kappa shape index (κ3) is 4.92. The number of amides is 1. The number of benzene rings is 2. The largest absolute Gasteiger partial charge is 0.355 e. The van der Waals surface area contributed by atoms with Crippen LogP contribution in [0, 0.1) is 11.8 Å². The summed E-state index contributed by atoms with van der Waals surface area (Å²) in [5.74, 6) is 5.35. The maximum atomic E-state index is 12.2. The molecule has 2 N–H and O–H groups in total. The van der Waals surface area contributed by atoms with Crippen molar-refractivity contribution in [1.29, 1.82) is 0 Å². The molecule has 25 heavy (non-hydrogen) atoms. The molecule has 2 aromatic rings. The van der Waals surface area contributed by atoms with Crippen molar-refractivity contribution in [3.63, 3.8) is 0 Å². The molecule has 2 aromatic carbocycles. The molecule has 0 unspecified atom stereocenters. The van der Waals surface area contributed by atoms with Crippen molar-refractivity contribution in [2.45, 2.75) is 18.2 Å². The summed E-state index contributed by atoms with van der Waals surface area (Å²) in [6, 6.07) is 13.6. The summed E-state index contributed by atoms with van der Waals surface area (Å²) in [4.78, 5) is 12.0. The molecule has 0 aliphatic heterocycles. The highest BCUT2D eigenvalue weighted by molar-refractivity contribution is 7.89. The van der Waals surface area contributed by atoms with Gasteiger partial charge < -0.3 is 5.32 Å². The van der Waals surface area contributed by atoms with Crippen LogP contribution in [0.1, 0.15) is 28.4 Å². The minimum atomic E-state index is -3.60. The van der Waals surface area contributed by atoms with Gasteiger partial charge in [-0.15, -0.1) is 0 Å². The highest BCUT2D eigenvalue weighted by Crippen LogP contribution is 2.10. The van der Waals surface area contributed by atoms with Gasteiger partial charge in [0.05, 0.1) is 17.0 Å². The van der Waals surface area contributed by atoms with E-state index in [1.807, 2.05) is 6.92 Å². The van der Waals surface area contributed by atoms with Crippen LogP contribution in [-0.4, -0.2) is 27.9 Å². The van der Waals surface area contributed by atoms with Gasteiger partial charge in [-0.3, -0.25) is 4.79 Å². The first kappa shape index (κ1) is 18.7. The molecule has 0 bridgehead atoms. The molecule has 0 aliphatic rings. The molecule has 0 aliphatic carbocycles. The number of hydrogen-bond acceptors (Lipinski definition) is 3. The Labute approximate surface area is 148 Å². The first-order chi connectivity index (χ1) is 12.0. The van der Waals surface area contributed by atoms with E-state index in [9.17, 15) is 13.2 Å². The van der Waals surface area contributed by atoms with Crippen molar-refractivity contribution in [3.05, 3.63) is 65.2 Å². The quantitative estimate of drug-likeness (QED) is 0.804. The Morgan fingerprint density at radius 2 is 1.76 bits per heavy atom. The zero-order valence-electron chi connectivity index (χ0n) is 14.2. The second kappa shape index (κ2) is 8.47. The van der Waals surface area contributed by atoms with Crippen LogP contribution in [-0.2, 0) is 16.4 Å². The minimum absolute atomic E-state index is 0.0417. The fraction of sp³-hybridized carbons (Fsp3) is 0.211. The lowest BCUT2D eigenvalue weighted by Gasteiger charge is -2.05. The van der Waals surface area contributed by atoms with Crippen LogP contribution in [0.25, 0.3) is 0 Å². The van der Waals surface area contributed by atoms with Crippen LogP contribution < -0.4 is 10.0 Å². The number of carbonyl (C=O) groups is 1. The number of aryl methyl sites for hydroxylation is 1. The van der Waals surface area contributed by atoms with Gasteiger partial charge in [-0.1, -0.05) is 43.0 Å². The third-order valence-electron chi connectivity index (χ3n) is 3.61. The van der Waals surface area contributed by atoms with E-state index in [1.54, 1.807) is 55.6 Å². The van der Waals surface area contributed by atoms with Gasteiger partial charge in [0.2, 0.25) is 10.0 Å². The van der Waals surface area contributed by atoms with Crippen LogP contribution in [0.5, 0.6) is 0 Å². The highest BCUT2D eigenvalue weighted by atomic mass is 32.2. The summed E-state index contributed by atoms with van der Waals surface area (Å²) in [7, 11) is -2.06. The molecule has 1 amide bonds. The molecule has 130 valence electrons. The zero-order valence-corrected chi connectivity index (χ0v) is 15.0. The summed E-state index contributed by atoms with van der Waals surface area (Å²) >= 11 is 0. The highest BCUT2D eigenvalue weighted by Gasteiger charge is 2.12. The topological polar surface area (TPSA) is 75.3 Å². The Morgan fingerprint density at radius 1 is 1.08 bits per heavy atom. The van der Waals surface area contributed by atoms with E-state index >= 15 is 0 Å². The van der Waals surface area contributed by atoms with Gasteiger partial charge in [0, 0.05) is 12.6 Å². The Bertz CT molecular complexity index is 908. The predicted molar refractivity (Wildman–Crippen MR) is 97.7 cm³/mol. The van der Waals surface area contributed by atoms with Crippen LogP contribution >= 0.6 is 0 Å². The standard InChI is InChI=1S/C19H20N2O3S/c1-3-15-10-12-17(13-11-15)25(23,24)21-14-6-8-16-7-4-5-9-18(16)19(22)20-2/h4-5,7,9-13,21H,3,14H2,1-2H3,(H,20,22). The van der Waals surface area contributed by atoms with Gasteiger partial charge in [-0.2, -0.15) is 4.72 Å². The first-order valence-corrected chi connectivity index (χ1v) is 9.35. The Kier molecular flexibility index (Phi) is 6.34. The molecule has 5 nitrogen and oxygen atoms in total. The average Bonchev–Trinajstić information content (AvgIpc) is 2.65. The van der Waals surface area contributed by atoms with E-state index in [4.69, 9.17) is 0 Å². The van der Waals surface area contributed by atoms with E-state index in [-0.39, 0.29) is 17.3 Å². The SMILES string of the molecule is CCc1ccc(S(=O)(=O)NCC#Cc2ccccc2C(=O)NC)cc1. The molecule has 0 saturated heterocycles.